The fourth-order valence-corrected chi connectivity index (χ4v) is 2.86. The quantitative estimate of drug-likeness (QED) is 0.676. The van der Waals surface area contributed by atoms with Crippen molar-refractivity contribution in [2.75, 3.05) is 25.7 Å². The van der Waals surface area contributed by atoms with Crippen molar-refractivity contribution >= 4 is 28.9 Å². The van der Waals surface area contributed by atoms with Crippen LogP contribution in [0.1, 0.15) is 24.8 Å². The van der Waals surface area contributed by atoms with E-state index in [1.165, 1.54) is 7.11 Å². The van der Waals surface area contributed by atoms with Crippen molar-refractivity contribution in [1.29, 1.82) is 0 Å². The fourth-order valence-electron chi connectivity index (χ4n) is 2.69. The van der Waals surface area contributed by atoms with Crippen molar-refractivity contribution in [3.63, 3.8) is 0 Å². The number of carbonyl (C=O) groups excluding carboxylic acids is 1. The van der Waals surface area contributed by atoms with Crippen LogP contribution in [0.5, 0.6) is 5.75 Å². The first-order valence-electron chi connectivity index (χ1n) is 6.90. The van der Waals surface area contributed by atoms with Gasteiger partial charge in [0.25, 0.3) is 0 Å². The first kappa shape index (κ1) is 15.6. The molecule has 0 radical (unpaired) electrons. The summed E-state index contributed by atoms with van der Waals surface area (Å²) in [6, 6.07) is 5.22. The predicted octanol–water partition coefficient (Wildman–Crippen LogP) is 1.86. The minimum absolute atomic E-state index is 0.230. The van der Waals surface area contributed by atoms with E-state index in [-0.39, 0.29) is 12.0 Å². The lowest BCUT2D eigenvalue weighted by Gasteiger charge is -2.36. The Balaban J connectivity index is 2.45. The Labute approximate surface area is 130 Å². The van der Waals surface area contributed by atoms with Gasteiger partial charge in [0.05, 0.1) is 19.9 Å². The molecule has 1 aliphatic heterocycles. The van der Waals surface area contributed by atoms with Crippen molar-refractivity contribution < 1.29 is 14.3 Å². The van der Waals surface area contributed by atoms with Gasteiger partial charge in [-0.2, -0.15) is 0 Å². The van der Waals surface area contributed by atoms with Crippen molar-refractivity contribution in [2.45, 2.75) is 25.3 Å². The number of esters is 1. The molecule has 5 nitrogen and oxygen atoms in total. The van der Waals surface area contributed by atoms with Gasteiger partial charge in [-0.15, -0.1) is 0 Å². The Morgan fingerprint density at radius 1 is 1.38 bits per heavy atom. The van der Waals surface area contributed by atoms with Gasteiger partial charge in [-0.1, -0.05) is 12.2 Å². The number of anilines is 1. The standard InChI is InChI=1S/C15H20N2O3S/c1-19-10-6-7-11(14(16)21)13(9-10)17-8-4-3-5-12(17)15(18)20-2/h6-7,9,12H,3-5,8H2,1-2H3,(H2,16,21). The molecule has 0 aromatic heterocycles. The molecular formula is C15H20N2O3S. The second-order valence-electron chi connectivity index (χ2n) is 4.98. The maximum absolute atomic E-state index is 12.0. The highest BCUT2D eigenvalue weighted by atomic mass is 32.1. The van der Waals surface area contributed by atoms with E-state index < -0.39 is 0 Å². The summed E-state index contributed by atoms with van der Waals surface area (Å²) in [7, 11) is 3.02. The molecule has 1 fully saturated rings. The van der Waals surface area contributed by atoms with E-state index in [2.05, 4.69) is 0 Å². The monoisotopic (exact) mass is 308 g/mol. The van der Waals surface area contributed by atoms with Crippen molar-refractivity contribution in [2.24, 2.45) is 5.73 Å². The molecule has 1 unspecified atom stereocenters. The number of thiocarbonyl (C=S) groups is 1. The summed E-state index contributed by atoms with van der Waals surface area (Å²) in [6.45, 7) is 0.766. The lowest BCUT2D eigenvalue weighted by molar-refractivity contribution is -0.142. The van der Waals surface area contributed by atoms with E-state index in [9.17, 15) is 4.79 Å². The number of hydrogen-bond donors (Lipinski definition) is 1. The zero-order chi connectivity index (χ0) is 15.4. The second-order valence-corrected chi connectivity index (χ2v) is 5.42. The summed E-state index contributed by atoms with van der Waals surface area (Å²) < 4.78 is 10.2. The van der Waals surface area contributed by atoms with Gasteiger partial charge in [-0.25, -0.2) is 4.79 Å². The molecule has 1 saturated heterocycles. The largest absolute Gasteiger partial charge is 0.497 e. The highest BCUT2D eigenvalue weighted by Gasteiger charge is 2.31. The van der Waals surface area contributed by atoms with Crippen molar-refractivity contribution in [1.82, 2.24) is 0 Å². The van der Waals surface area contributed by atoms with Crippen LogP contribution in [0, 0.1) is 0 Å². The van der Waals surface area contributed by atoms with Crippen LogP contribution in [0.25, 0.3) is 0 Å². The molecule has 114 valence electrons. The Morgan fingerprint density at radius 3 is 2.76 bits per heavy atom. The number of carbonyl (C=O) groups is 1. The smallest absolute Gasteiger partial charge is 0.328 e. The van der Waals surface area contributed by atoms with Gasteiger partial charge in [0.2, 0.25) is 0 Å². The first-order valence-corrected chi connectivity index (χ1v) is 7.31. The van der Waals surface area contributed by atoms with Crippen LogP contribution < -0.4 is 15.4 Å². The molecule has 1 aromatic carbocycles. The van der Waals surface area contributed by atoms with Gasteiger partial charge in [0.15, 0.2) is 0 Å². The minimum atomic E-state index is -0.302. The normalized spacial score (nSPS) is 18.2. The summed E-state index contributed by atoms with van der Waals surface area (Å²) in [4.78, 5) is 14.4. The molecule has 6 heteroatoms. The first-order chi connectivity index (χ1) is 10.1. The Morgan fingerprint density at radius 2 is 2.14 bits per heavy atom. The zero-order valence-corrected chi connectivity index (χ0v) is 13.1. The molecule has 21 heavy (non-hydrogen) atoms. The summed E-state index contributed by atoms with van der Waals surface area (Å²) >= 11 is 5.13. The van der Waals surface area contributed by atoms with Crippen LogP contribution in [-0.4, -0.2) is 37.8 Å². The number of benzene rings is 1. The minimum Gasteiger partial charge on any atom is -0.497 e. The van der Waals surface area contributed by atoms with E-state index >= 15 is 0 Å². The third kappa shape index (κ3) is 3.26. The lowest BCUT2D eigenvalue weighted by atomic mass is 9.99. The Kier molecular flexibility index (Phi) is 5.01. The molecule has 2 N–H and O–H groups in total. The highest BCUT2D eigenvalue weighted by molar-refractivity contribution is 7.80. The highest BCUT2D eigenvalue weighted by Crippen LogP contribution is 2.31. The van der Waals surface area contributed by atoms with E-state index in [4.69, 9.17) is 27.4 Å². The number of rotatable bonds is 4. The van der Waals surface area contributed by atoms with Gasteiger partial charge < -0.3 is 20.1 Å². The van der Waals surface area contributed by atoms with Crippen LogP contribution in [-0.2, 0) is 9.53 Å². The third-order valence-electron chi connectivity index (χ3n) is 3.76. The van der Waals surface area contributed by atoms with Gasteiger partial charge in [0, 0.05) is 18.2 Å². The molecule has 1 atom stereocenters. The van der Waals surface area contributed by atoms with E-state index in [0.717, 1.165) is 37.1 Å². The van der Waals surface area contributed by atoms with Gasteiger partial charge in [-0.05, 0) is 31.4 Å². The molecule has 0 amide bonds. The molecule has 1 aromatic rings. The summed E-state index contributed by atoms with van der Waals surface area (Å²) in [5.41, 5.74) is 7.40. The Bertz CT molecular complexity index is 548. The molecule has 0 bridgehead atoms. The van der Waals surface area contributed by atoms with Crippen LogP contribution >= 0.6 is 12.2 Å². The molecule has 2 rings (SSSR count). The maximum atomic E-state index is 12.0. The summed E-state index contributed by atoms with van der Waals surface area (Å²) in [5.74, 6) is 0.477. The summed E-state index contributed by atoms with van der Waals surface area (Å²) in [5, 5.41) is 0. The zero-order valence-electron chi connectivity index (χ0n) is 12.3. The maximum Gasteiger partial charge on any atom is 0.328 e. The molecule has 0 spiro atoms. The number of hydrogen-bond acceptors (Lipinski definition) is 5. The van der Waals surface area contributed by atoms with Crippen molar-refractivity contribution in [3.8, 4) is 5.75 Å². The number of methoxy groups -OCH3 is 2. The van der Waals surface area contributed by atoms with Crippen LogP contribution in [0.4, 0.5) is 5.69 Å². The van der Waals surface area contributed by atoms with E-state index in [1.54, 1.807) is 7.11 Å². The number of ether oxygens (including phenoxy) is 2. The number of nitrogens with two attached hydrogens (primary N) is 1. The van der Waals surface area contributed by atoms with Crippen LogP contribution in [0.3, 0.4) is 0 Å². The van der Waals surface area contributed by atoms with Crippen LogP contribution in [0.2, 0.25) is 0 Å². The van der Waals surface area contributed by atoms with Crippen LogP contribution in [0.15, 0.2) is 18.2 Å². The molecule has 1 aliphatic rings. The Hall–Kier alpha value is -1.82. The average molecular weight is 308 g/mol. The number of nitrogens with zero attached hydrogens (tertiary/aromatic N) is 1. The number of piperidine rings is 1. The predicted molar refractivity (Wildman–Crippen MR) is 85.9 cm³/mol. The van der Waals surface area contributed by atoms with Gasteiger partial charge in [-0.3, -0.25) is 0 Å². The molecule has 1 heterocycles. The van der Waals surface area contributed by atoms with E-state index in [0.29, 0.717) is 10.7 Å². The van der Waals surface area contributed by atoms with E-state index in [1.807, 2.05) is 23.1 Å². The molecular weight excluding hydrogens is 288 g/mol. The summed E-state index contributed by atoms with van der Waals surface area (Å²) in [6.07, 6.45) is 2.78. The molecule has 0 aliphatic carbocycles. The van der Waals surface area contributed by atoms with Gasteiger partial charge in [0.1, 0.15) is 16.8 Å². The molecule has 0 saturated carbocycles. The third-order valence-corrected chi connectivity index (χ3v) is 3.98. The SMILES string of the molecule is COC(=O)C1CCCCN1c1cc(OC)ccc1C(N)=S. The second kappa shape index (κ2) is 6.76. The fraction of sp³-hybridized carbons (Fsp3) is 0.467. The average Bonchev–Trinajstić information content (AvgIpc) is 2.53. The topological polar surface area (TPSA) is 64.8 Å². The van der Waals surface area contributed by atoms with Gasteiger partial charge >= 0.3 is 5.97 Å². The lowest BCUT2D eigenvalue weighted by Crippen LogP contribution is -2.46. The van der Waals surface area contributed by atoms with Crippen molar-refractivity contribution in [3.05, 3.63) is 23.8 Å².